The molecule has 0 aliphatic heterocycles. The molecule has 0 aliphatic rings. The summed E-state index contributed by atoms with van der Waals surface area (Å²) in [4.78, 5) is 11.8. The van der Waals surface area contributed by atoms with Gasteiger partial charge in [0.05, 0.1) is 32.8 Å². The minimum atomic E-state index is -0.829. The van der Waals surface area contributed by atoms with E-state index in [2.05, 4.69) is 10.6 Å². The second-order valence-corrected chi connectivity index (χ2v) is 4.51. The second-order valence-electron chi connectivity index (χ2n) is 4.51. The van der Waals surface area contributed by atoms with Gasteiger partial charge in [-0.15, -0.1) is 0 Å². The largest absolute Gasteiger partial charge is 0.497 e. The summed E-state index contributed by atoms with van der Waals surface area (Å²) >= 11 is 0. The van der Waals surface area contributed by atoms with Gasteiger partial charge in [0.15, 0.2) is 0 Å². The fourth-order valence-electron chi connectivity index (χ4n) is 1.83. The Morgan fingerprint density at radius 2 is 1.95 bits per heavy atom. The first kappa shape index (κ1) is 15.7. The van der Waals surface area contributed by atoms with Gasteiger partial charge in [-0.1, -0.05) is 0 Å². The van der Waals surface area contributed by atoms with Crippen LogP contribution in [0.3, 0.4) is 0 Å². The highest BCUT2D eigenvalue weighted by Crippen LogP contribution is 2.25. The fourth-order valence-corrected chi connectivity index (χ4v) is 1.83. The van der Waals surface area contributed by atoms with Crippen LogP contribution in [0.25, 0.3) is 0 Å². The number of aliphatic hydroxyl groups is 1. The van der Waals surface area contributed by atoms with E-state index in [9.17, 15) is 9.90 Å². The van der Waals surface area contributed by atoms with Gasteiger partial charge in [0, 0.05) is 36.0 Å². The number of hydrogen-bond acceptors (Lipinski definition) is 5. The van der Waals surface area contributed by atoms with Crippen LogP contribution in [0.4, 0.5) is 10.5 Å². The van der Waals surface area contributed by atoms with Gasteiger partial charge in [0.1, 0.15) is 11.5 Å². The maximum Gasteiger partial charge on any atom is 0.319 e. The van der Waals surface area contributed by atoms with E-state index < -0.39 is 12.1 Å². The summed E-state index contributed by atoms with van der Waals surface area (Å²) in [7, 11) is 3.06. The van der Waals surface area contributed by atoms with E-state index in [1.54, 1.807) is 24.3 Å². The third kappa shape index (κ3) is 4.16. The van der Waals surface area contributed by atoms with Gasteiger partial charge in [-0.05, 0) is 6.07 Å². The van der Waals surface area contributed by atoms with E-state index in [0.717, 1.165) is 0 Å². The molecule has 0 spiro atoms. The molecule has 1 aromatic carbocycles. The molecular weight excluding hydrogens is 288 g/mol. The lowest BCUT2D eigenvalue weighted by atomic mass is 10.2. The third-order valence-electron chi connectivity index (χ3n) is 2.99. The zero-order valence-electron chi connectivity index (χ0n) is 12.3. The van der Waals surface area contributed by atoms with Crippen LogP contribution in [0, 0.1) is 0 Å². The van der Waals surface area contributed by atoms with Crippen molar-refractivity contribution >= 4 is 11.7 Å². The summed E-state index contributed by atoms with van der Waals surface area (Å²) in [6.07, 6.45) is 2.06. The molecule has 118 valence electrons. The van der Waals surface area contributed by atoms with Crippen LogP contribution in [0.15, 0.2) is 41.2 Å². The summed E-state index contributed by atoms with van der Waals surface area (Å²) in [6.45, 7) is 0.0620. The highest BCUT2D eigenvalue weighted by molar-refractivity contribution is 5.89. The van der Waals surface area contributed by atoms with Crippen molar-refractivity contribution in [2.24, 2.45) is 0 Å². The first-order valence-corrected chi connectivity index (χ1v) is 6.60. The maximum atomic E-state index is 11.8. The number of amides is 2. The predicted molar refractivity (Wildman–Crippen MR) is 80.2 cm³/mol. The number of carbonyl (C=O) groups is 1. The number of urea groups is 1. The van der Waals surface area contributed by atoms with Crippen molar-refractivity contribution in [2.45, 2.75) is 6.10 Å². The molecule has 3 N–H and O–H groups in total. The average Bonchev–Trinajstić information content (AvgIpc) is 3.06. The van der Waals surface area contributed by atoms with Crippen LogP contribution in [-0.4, -0.2) is 31.9 Å². The van der Waals surface area contributed by atoms with Gasteiger partial charge in [0.2, 0.25) is 0 Å². The lowest BCUT2D eigenvalue weighted by molar-refractivity contribution is 0.174. The number of hydrogen-bond donors (Lipinski definition) is 3. The monoisotopic (exact) mass is 306 g/mol. The molecule has 2 rings (SSSR count). The first-order valence-electron chi connectivity index (χ1n) is 6.60. The Bertz CT molecular complexity index is 590. The Morgan fingerprint density at radius 3 is 2.50 bits per heavy atom. The number of methoxy groups -OCH3 is 2. The summed E-state index contributed by atoms with van der Waals surface area (Å²) in [5, 5.41) is 15.1. The van der Waals surface area contributed by atoms with E-state index in [1.807, 2.05) is 0 Å². The highest BCUT2D eigenvalue weighted by atomic mass is 16.5. The maximum absolute atomic E-state index is 11.8. The van der Waals surface area contributed by atoms with Gasteiger partial charge < -0.3 is 29.6 Å². The quantitative estimate of drug-likeness (QED) is 0.760. The molecule has 0 aliphatic carbocycles. The van der Waals surface area contributed by atoms with Crippen LogP contribution >= 0.6 is 0 Å². The minimum Gasteiger partial charge on any atom is -0.497 e. The number of furan rings is 1. The number of ether oxygens (including phenoxy) is 2. The van der Waals surface area contributed by atoms with Crippen molar-refractivity contribution < 1.29 is 23.8 Å². The Balaban J connectivity index is 1.91. The van der Waals surface area contributed by atoms with Gasteiger partial charge >= 0.3 is 6.03 Å². The summed E-state index contributed by atoms with van der Waals surface area (Å²) < 4.78 is 15.1. The van der Waals surface area contributed by atoms with Crippen LogP contribution in [0.5, 0.6) is 11.5 Å². The number of nitrogens with one attached hydrogen (secondary N) is 2. The van der Waals surface area contributed by atoms with Crippen LogP contribution < -0.4 is 20.1 Å². The molecule has 0 radical (unpaired) electrons. The van der Waals surface area contributed by atoms with Crippen molar-refractivity contribution in [3.05, 3.63) is 42.4 Å². The first-order chi connectivity index (χ1) is 10.6. The summed E-state index contributed by atoms with van der Waals surface area (Å²) in [6, 6.07) is 6.21. The Kier molecular flexibility index (Phi) is 5.26. The Labute approximate surface area is 127 Å². The number of benzene rings is 1. The van der Waals surface area contributed by atoms with Gasteiger partial charge in [-0.2, -0.15) is 0 Å². The smallest absolute Gasteiger partial charge is 0.319 e. The molecule has 7 nitrogen and oxygen atoms in total. The minimum absolute atomic E-state index is 0.0620. The third-order valence-corrected chi connectivity index (χ3v) is 2.99. The van der Waals surface area contributed by atoms with Crippen LogP contribution in [0.1, 0.15) is 11.7 Å². The van der Waals surface area contributed by atoms with Crippen molar-refractivity contribution in [2.75, 3.05) is 26.1 Å². The van der Waals surface area contributed by atoms with Crippen molar-refractivity contribution in [3.8, 4) is 11.5 Å². The predicted octanol–water partition coefficient (Wildman–Crippen LogP) is 2.15. The summed E-state index contributed by atoms with van der Waals surface area (Å²) in [5.74, 6) is 1.13. The van der Waals surface area contributed by atoms with E-state index in [1.165, 1.54) is 26.7 Å². The topological polar surface area (TPSA) is 93.0 Å². The van der Waals surface area contributed by atoms with E-state index in [4.69, 9.17) is 13.9 Å². The molecule has 2 aromatic rings. The van der Waals surface area contributed by atoms with Crippen LogP contribution in [-0.2, 0) is 0 Å². The molecule has 7 heteroatoms. The molecule has 22 heavy (non-hydrogen) atoms. The zero-order valence-corrected chi connectivity index (χ0v) is 12.3. The Hall–Kier alpha value is -2.67. The molecule has 1 heterocycles. The van der Waals surface area contributed by atoms with Crippen molar-refractivity contribution in [1.82, 2.24) is 5.32 Å². The van der Waals surface area contributed by atoms with Gasteiger partial charge in [-0.3, -0.25) is 0 Å². The van der Waals surface area contributed by atoms with E-state index in [-0.39, 0.29) is 6.54 Å². The van der Waals surface area contributed by atoms with Crippen LogP contribution in [0.2, 0.25) is 0 Å². The number of aliphatic hydroxyl groups excluding tert-OH is 1. The molecule has 0 unspecified atom stereocenters. The lowest BCUT2D eigenvalue weighted by Crippen LogP contribution is -2.32. The molecular formula is C15H18N2O5. The normalized spacial score (nSPS) is 11.6. The van der Waals surface area contributed by atoms with Gasteiger partial charge in [0.25, 0.3) is 0 Å². The number of anilines is 1. The standard InChI is InChI=1S/C15H18N2O5/c1-20-12-5-11(6-13(7-12)21-2)17-15(19)16-8-14(18)10-3-4-22-9-10/h3-7,9,14,18H,8H2,1-2H3,(H2,16,17,19)/t14-/m0/s1. The second kappa shape index (κ2) is 7.37. The molecule has 1 atom stereocenters. The van der Waals surface area contributed by atoms with Crippen molar-refractivity contribution in [1.29, 1.82) is 0 Å². The summed E-state index contributed by atoms with van der Waals surface area (Å²) in [5.41, 5.74) is 1.12. The highest BCUT2D eigenvalue weighted by Gasteiger charge is 2.11. The molecule has 0 saturated heterocycles. The van der Waals surface area contributed by atoms with Crippen molar-refractivity contribution in [3.63, 3.8) is 0 Å². The Morgan fingerprint density at radius 1 is 1.27 bits per heavy atom. The van der Waals surface area contributed by atoms with E-state index >= 15 is 0 Å². The zero-order chi connectivity index (χ0) is 15.9. The molecule has 0 saturated carbocycles. The molecule has 0 bridgehead atoms. The number of rotatable bonds is 6. The molecule has 1 aromatic heterocycles. The van der Waals surface area contributed by atoms with Gasteiger partial charge in [-0.25, -0.2) is 4.79 Å². The van der Waals surface area contributed by atoms with E-state index in [0.29, 0.717) is 22.7 Å². The number of carbonyl (C=O) groups excluding carboxylic acids is 1. The fraction of sp³-hybridized carbons (Fsp3) is 0.267. The lowest BCUT2D eigenvalue weighted by Gasteiger charge is -2.12. The molecule has 0 fully saturated rings. The SMILES string of the molecule is COc1cc(NC(=O)NC[C@H](O)c2ccoc2)cc(OC)c1. The average molecular weight is 306 g/mol. The molecule has 2 amide bonds.